The largest absolute Gasteiger partial charge is 0.467 e. The number of hydrogen-bond acceptors (Lipinski definition) is 5. The van der Waals surface area contributed by atoms with Crippen LogP contribution in [0, 0.1) is 12.3 Å². The normalized spacial score (nSPS) is 17.1. The average molecular weight is 267 g/mol. The van der Waals surface area contributed by atoms with Crippen LogP contribution in [0.3, 0.4) is 0 Å². The molecule has 0 aliphatic carbocycles. The minimum atomic E-state index is -1.50. The molecule has 1 aliphatic rings. The predicted octanol–water partition coefficient (Wildman–Crippen LogP) is 0.970. The topological polar surface area (TPSA) is 55.8 Å². The molecule has 0 spiro atoms. The lowest BCUT2D eigenvalue weighted by Crippen LogP contribution is -2.61. The van der Waals surface area contributed by atoms with Gasteiger partial charge >= 0.3 is 11.9 Å². The molecule has 5 heteroatoms. The van der Waals surface area contributed by atoms with Crippen molar-refractivity contribution in [2.75, 3.05) is 27.3 Å². The summed E-state index contributed by atoms with van der Waals surface area (Å²) in [6, 6.07) is 0. The Balaban J connectivity index is 3.16. The Bertz CT molecular complexity index is 348. The van der Waals surface area contributed by atoms with Gasteiger partial charge in [-0.15, -0.1) is 12.3 Å². The molecule has 0 aromatic carbocycles. The van der Waals surface area contributed by atoms with Crippen molar-refractivity contribution >= 4 is 11.9 Å². The van der Waals surface area contributed by atoms with Crippen LogP contribution >= 0.6 is 0 Å². The predicted molar refractivity (Wildman–Crippen MR) is 70.3 cm³/mol. The van der Waals surface area contributed by atoms with E-state index in [4.69, 9.17) is 15.9 Å². The maximum Gasteiger partial charge on any atom is 0.339 e. The number of carbonyl (C=O) groups excluding carboxylic acids is 2. The summed E-state index contributed by atoms with van der Waals surface area (Å²) in [6.45, 7) is 1.29. The number of ether oxygens (including phenoxy) is 2. The van der Waals surface area contributed by atoms with Crippen LogP contribution in [0.5, 0.6) is 0 Å². The van der Waals surface area contributed by atoms with Crippen molar-refractivity contribution in [2.45, 2.75) is 37.6 Å². The average Bonchev–Trinajstić information content (AvgIpc) is 2.72. The van der Waals surface area contributed by atoms with Crippen molar-refractivity contribution in [2.24, 2.45) is 0 Å². The highest BCUT2D eigenvalue weighted by Crippen LogP contribution is 2.27. The standard InChI is InChI=1S/C14H21NO4/c1-4-9-14(12(16)18-2,13(17)19-3)15-10-7-5-6-8-11-15/h1H,5-11H2,2-3H3. The summed E-state index contributed by atoms with van der Waals surface area (Å²) in [5.74, 6) is 1.13. The van der Waals surface area contributed by atoms with Crippen molar-refractivity contribution in [1.82, 2.24) is 4.90 Å². The summed E-state index contributed by atoms with van der Waals surface area (Å²) in [7, 11) is 2.52. The number of methoxy groups -OCH3 is 2. The molecule has 0 bridgehead atoms. The highest BCUT2D eigenvalue weighted by atomic mass is 16.5. The van der Waals surface area contributed by atoms with E-state index in [0.717, 1.165) is 25.7 Å². The minimum absolute atomic E-state index is 0.0354. The van der Waals surface area contributed by atoms with Gasteiger partial charge in [0.25, 0.3) is 0 Å². The summed E-state index contributed by atoms with van der Waals surface area (Å²) in [4.78, 5) is 26.2. The van der Waals surface area contributed by atoms with Crippen molar-refractivity contribution in [3.63, 3.8) is 0 Å². The number of likely N-dealkylation sites (tertiary alicyclic amines) is 1. The summed E-state index contributed by atoms with van der Waals surface area (Å²) < 4.78 is 9.62. The number of carbonyl (C=O) groups is 2. The SMILES string of the molecule is C#CCC(C(=O)OC)(C(=O)OC)N1CCCCCC1. The molecule has 0 N–H and O–H groups in total. The van der Waals surface area contributed by atoms with Gasteiger partial charge in [-0.1, -0.05) is 12.8 Å². The Morgan fingerprint density at radius 3 is 1.95 bits per heavy atom. The number of hydrogen-bond donors (Lipinski definition) is 0. The monoisotopic (exact) mass is 267 g/mol. The maximum atomic E-state index is 12.2. The van der Waals surface area contributed by atoms with Gasteiger partial charge in [0.1, 0.15) is 0 Å². The second-order valence-electron chi connectivity index (χ2n) is 4.63. The first-order valence-corrected chi connectivity index (χ1v) is 6.48. The molecule has 1 rings (SSSR count). The summed E-state index contributed by atoms with van der Waals surface area (Å²) in [6.07, 6.45) is 9.36. The van der Waals surface area contributed by atoms with E-state index in [1.54, 1.807) is 0 Å². The molecule has 1 aliphatic heterocycles. The van der Waals surface area contributed by atoms with Crippen LogP contribution in [-0.4, -0.2) is 49.7 Å². The number of rotatable bonds is 4. The van der Waals surface area contributed by atoms with E-state index in [9.17, 15) is 9.59 Å². The molecule has 5 nitrogen and oxygen atoms in total. The van der Waals surface area contributed by atoms with Crippen LogP contribution in [0.4, 0.5) is 0 Å². The molecule has 1 heterocycles. The molecule has 0 amide bonds. The fraction of sp³-hybridized carbons (Fsp3) is 0.714. The Labute approximate surface area is 114 Å². The molecular weight excluding hydrogens is 246 g/mol. The Morgan fingerprint density at radius 2 is 1.58 bits per heavy atom. The second kappa shape index (κ2) is 7.15. The lowest BCUT2D eigenvalue weighted by molar-refractivity contribution is -0.172. The van der Waals surface area contributed by atoms with Gasteiger partial charge < -0.3 is 9.47 Å². The molecule has 0 atom stereocenters. The zero-order chi connectivity index (χ0) is 14.3. The zero-order valence-electron chi connectivity index (χ0n) is 11.6. The third kappa shape index (κ3) is 3.07. The Morgan fingerprint density at radius 1 is 1.11 bits per heavy atom. The number of terminal acetylenes is 1. The highest BCUT2D eigenvalue weighted by molar-refractivity contribution is 6.05. The van der Waals surface area contributed by atoms with Gasteiger partial charge in [-0.3, -0.25) is 4.90 Å². The highest BCUT2D eigenvalue weighted by Gasteiger charge is 2.52. The molecule has 1 fully saturated rings. The van der Waals surface area contributed by atoms with Crippen LogP contribution in [0.1, 0.15) is 32.1 Å². The van der Waals surface area contributed by atoms with E-state index in [0.29, 0.717) is 13.1 Å². The van der Waals surface area contributed by atoms with Crippen molar-refractivity contribution in [3.8, 4) is 12.3 Å². The Kier molecular flexibility index (Phi) is 5.84. The van der Waals surface area contributed by atoms with E-state index in [-0.39, 0.29) is 6.42 Å². The first kappa shape index (κ1) is 15.5. The molecule has 0 aromatic heterocycles. The molecule has 19 heavy (non-hydrogen) atoms. The van der Waals surface area contributed by atoms with Crippen LogP contribution < -0.4 is 0 Å². The lowest BCUT2D eigenvalue weighted by atomic mass is 9.92. The fourth-order valence-corrected chi connectivity index (χ4v) is 2.54. The Hall–Kier alpha value is -1.54. The second-order valence-corrected chi connectivity index (χ2v) is 4.63. The van der Waals surface area contributed by atoms with Crippen LogP contribution in [0.15, 0.2) is 0 Å². The molecule has 1 saturated heterocycles. The molecule has 0 aromatic rings. The van der Waals surface area contributed by atoms with Gasteiger partial charge in [-0.2, -0.15) is 0 Å². The molecule has 0 saturated carbocycles. The quantitative estimate of drug-likeness (QED) is 0.431. The first-order chi connectivity index (χ1) is 9.13. The van der Waals surface area contributed by atoms with Crippen molar-refractivity contribution in [1.29, 1.82) is 0 Å². The minimum Gasteiger partial charge on any atom is -0.467 e. The molecule has 106 valence electrons. The smallest absolute Gasteiger partial charge is 0.339 e. The van der Waals surface area contributed by atoms with E-state index in [2.05, 4.69) is 5.92 Å². The van der Waals surface area contributed by atoms with Crippen molar-refractivity contribution in [3.05, 3.63) is 0 Å². The van der Waals surface area contributed by atoms with Crippen LogP contribution in [-0.2, 0) is 19.1 Å². The van der Waals surface area contributed by atoms with Gasteiger partial charge in [0.05, 0.1) is 14.2 Å². The van der Waals surface area contributed by atoms with Gasteiger partial charge in [0, 0.05) is 6.42 Å². The number of nitrogens with zero attached hydrogens (tertiary/aromatic N) is 1. The van der Waals surface area contributed by atoms with Crippen molar-refractivity contribution < 1.29 is 19.1 Å². The van der Waals surface area contributed by atoms with Gasteiger partial charge in [-0.25, -0.2) is 9.59 Å². The van der Waals surface area contributed by atoms with Gasteiger partial charge in [0.15, 0.2) is 0 Å². The zero-order valence-corrected chi connectivity index (χ0v) is 11.6. The summed E-state index contributed by atoms with van der Waals surface area (Å²) in [5.41, 5.74) is -1.50. The number of esters is 2. The van der Waals surface area contributed by atoms with Gasteiger partial charge in [-0.05, 0) is 25.9 Å². The summed E-state index contributed by atoms with van der Waals surface area (Å²) in [5, 5.41) is 0. The van der Waals surface area contributed by atoms with Crippen LogP contribution in [0.2, 0.25) is 0 Å². The van der Waals surface area contributed by atoms with E-state index < -0.39 is 17.5 Å². The molecule has 0 radical (unpaired) electrons. The van der Waals surface area contributed by atoms with Crippen LogP contribution in [0.25, 0.3) is 0 Å². The van der Waals surface area contributed by atoms with E-state index in [1.165, 1.54) is 14.2 Å². The third-order valence-corrected chi connectivity index (χ3v) is 3.55. The fourth-order valence-electron chi connectivity index (χ4n) is 2.54. The van der Waals surface area contributed by atoms with Gasteiger partial charge in [0.2, 0.25) is 5.54 Å². The maximum absolute atomic E-state index is 12.2. The summed E-state index contributed by atoms with van der Waals surface area (Å²) >= 11 is 0. The van der Waals surface area contributed by atoms with E-state index in [1.807, 2.05) is 4.90 Å². The molecular formula is C14H21NO4. The lowest BCUT2D eigenvalue weighted by Gasteiger charge is -2.37. The van der Waals surface area contributed by atoms with E-state index >= 15 is 0 Å². The first-order valence-electron chi connectivity index (χ1n) is 6.48. The molecule has 0 unspecified atom stereocenters. The third-order valence-electron chi connectivity index (χ3n) is 3.55.